The maximum Gasteiger partial charge on any atom is 0.387 e. The zero-order valence-corrected chi connectivity index (χ0v) is 12.2. The van der Waals surface area contributed by atoms with Crippen LogP contribution in [0, 0.1) is 12.3 Å². The van der Waals surface area contributed by atoms with E-state index >= 15 is 0 Å². The summed E-state index contributed by atoms with van der Waals surface area (Å²) >= 11 is 3.31. The predicted molar refractivity (Wildman–Crippen MR) is 75.1 cm³/mol. The molecule has 0 radical (unpaired) electrons. The number of hydrogen-bond acceptors (Lipinski definition) is 2. The molecule has 0 aliphatic rings. The van der Waals surface area contributed by atoms with Gasteiger partial charge in [-0.2, -0.15) is 8.78 Å². The second-order valence-electron chi connectivity index (χ2n) is 4.02. The van der Waals surface area contributed by atoms with Gasteiger partial charge in [0.2, 0.25) is 0 Å². The number of benzene rings is 1. The summed E-state index contributed by atoms with van der Waals surface area (Å²) < 4.78 is 29.9. The lowest BCUT2D eigenvalue weighted by atomic mass is 10.1. The van der Waals surface area contributed by atoms with E-state index in [0.29, 0.717) is 12.1 Å². The summed E-state index contributed by atoms with van der Waals surface area (Å²) in [6.45, 7) is -0.411. The molecule has 1 N–H and O–H groups in total. The molecular weight excluding hydrogens is 316 g/mol. The third kappa shape index (κ3) is 5.58. The number of alkyl halides is 2. The molecule has 0 fully saturated rings. The quantitative estimate of drug-likeness (QED) is 0.764. The molecule has 1 atom stereocenters. The minimum Gasteiger partial charge on any atom is -0.434 e. The van der Waals surface area contributed by atoms with E-state index in [4.69, 9.17) is 6.42 Å². The molecule has 2 nitrogen and oxygen atoms in total. The van der Waals surface area contributed by atoms with Gasteiger partial charge in [-0.3, -0.25) is 5.32 Å². The number of hydrogen-bond donors (Lipinski definition) is 1. The summed E-state index contributed by atoms with van der Waals surface area (Å²) in [4.78, 5) is 0. The first-order valence-electron chi connectivity index (χ1n) is 5.99. The van der Waals surface area contributed by atoms with E-state index in [9.17, 15) is 8.78 Å². The lowest BCUT2D eigenvalue weighted by Gasteiger charge is -2.15. The smallest absolute Gasteiger partial charge is 0.387 e. The second-order valence-corrected chi connectivity index (χ2v) is 4.94. The number of halogens is 3. The summed E-state index contributed by atoms with van der Waals surface area (Å²) in [5.41, 5.74) is 0.644. The van der Waals surface area contributed by atoms with Crippen molar-refractivity contribution in [2.45, 2.75) is 39.0 Å². The van der Waals surface area contributed by atoms with Crippen LogP contribution in [0.25, 0.3) is 0 Å². The molecule has 0 amide bonds. The molecular formula is C14H16BrF2NO. The lowest BCUT2D eigenvalue weighted by Crippen LogP contribution is -2.27. The Kier molecular flexibility index (Phi) is 6.82. The molecule has 1 aromatic rings. The fourth-order valence-electron chi connectivity index (χ4n) is 1.66. The van der Waals surface area contributed by atoms with Crippen molar-refractivity contribution in [2.24, 2.45) is 0 Å². The Morgan fingerprint density at radius 3 is 2.79 bits per heavy atom. The van der Waals surface area contributed by atoms with E-state index in [1.807, 2.05) is 6.92 Å². The van der Waals surface area contributed by atoms with Crippen molar-refractivity contribution >= 4 is 15.9 Å². The van der Waals surface area contributed by atoms with E-state index in [0.717, 1.165) is 17.3 Å². The summed E-state index contributed by atoms with van der Waals surface area (Å²) in [5, 5.41) is 3.15. The second kappa shape index (κ2) is 8.13. The SMILES string of the molecule is C#CC(CCC)NCc1cc(Br)ccc1OC(F)F. The molecule has 0 aliphatic heterocycles. The lowest BCUT2D eigenvalue weighted by molar-refractivity contribution is -0.0505. The number of rotatable bonds is 7. The van der Waals surface area contributed by atoms with Crippen molar-refractivity contribution < 1.29 is 13.5 Å². The van der Waals surface area contributed by atoms with Crippen LogP contribution in [0.2, 0.25) is 0 Å². The fourth-order valence-corrected chi connectivity index (χ4v) is 2.07. The Labute approximate surface area is 120 Å². The zero-order valence-electron chi connectivity index (χ0n) is 10.6. The van der Waals surface area contributed by atoms with Crippen molar-refractivity contribution in [3.05, 3.63) is 28.2 Å². The first-order valence-corrected chi connectivity index (χ1v) is 6.78. The largest absolute Gasteiger partial charge is 0.434 e. The van der Waals surface area contributed by atoms with Crippen molar-refractivity contribution in [1.29, 1.82) is 0 Å². The maximum atomic E-state index is 12.3. The minimum atomic E-state index is -2.83. The molecule has 0 heterocycles. The monoisotopic (exact) mass is 331 g/mol. The molecule has 0 saturated heterocycles. The number of nitrogens with one attached hydrogen (secondary N) is 1. The van der Waals surface area contributed by atoms with Gasteiger partial charge < -0.3 is 4.74 Å². The van der Waals surface area contributed by atoms with Crippen LogP contribution in [0.1, 0.15) is 25.3 Å². The fraction of sp³-hybridized carbons (Fsp3) is 0.429. The highest BCUT2D eigenvalue weighted by Gasteiger charge is 2.11. The third-order valence-corrected chi connectivity index (χ3v) is 3.05. The van der Waals surface area contributed by atoms with Gasteiger partial charge in [-0.05, 0) is 24.6 Å². The Hall–Kier alpha value is -1.12. The normalized spacial score (nSPS) is 12.2. The molecule has 0 bridgehead atoms. The van der Waals surface area contributed by atoms with Gasteiger partial charge in [0.15, 0.2) is 0 Å². The van der Waals surface area contributed by atoms with Crippen molar-refractivity contribution in [3.63, 3.8) is 0 Å². The Morgan fingerprint density at radius 2 is 2.21 bits per heavy atom. The van der Waals surface area contributed by atoms with Gasteiger partial charge in [0.05, 0.1) is 6.04 Å². The van der Waals surface area contributed by atoms with E-state index in [1.54, 1.807) is 12.1 Å². The minimum absolute atomic E-state index is 0.0663. The molecule has 0 aliphatic carbocycles. The summed E-state index contributed by atoms with van der Waals surface area (Å²) in [7, 11) is 0. The molecule has 0 aromatic heterocycles. The molecule has 1 aromatic carbocycles. The summed E-state index contributed by atoms with van der Waals surface area (Å²) in [5.74, 6) is 2.80. The highest BCUT2D eigenvalue weighted by molar-refractivity contribution is 9.10. The van der Waals surface area contributed by atoms with Gasteiger partial charge in [-0.1, -0.05) is 35.2 Å². The molecule has 104 valence electrons. The molecule has 0 spiro atoms. The Morgan fingerprint density at radius 1 is 1.47 bits per heavy atom. The van der Waals surface area contributed by atoms with Crippen LogP contribution in [0.15, 0.2) is 22.7 Å². The van der Waals surface area contributed by atoms with Gasteiger partial charge in [0.25, 0.3) is 0 Å². The highest BCUT2D eigenvalue weighted by atomic mass is 79.9. The van der Waals surface area contributed by atoms with Gasteiger partial charge >= 0.3 is 6.61 Å². The molecule has 1 rings (SSSR count). The first-order chi connectivity index (χ1) is 9.06. The average Bonchev–Trinajstić information content (AvgIpc) is 2.36. The standard InChI is InChI=1S/C14H16BrF2NO/c1-3-5-12(4-2)18-9-10-8-11(15)6-7-13(10)19-14(16)17/h2,6-8,12,14,18H,3,5,9H2,1H3. The van der Waals surface area contributed by atoms with Crippen LogP contribution in [-0.2, 0) is 6.54 Å². The highest BCUT2D eigenvalue weighted by Crippen LogP contribution is 2.24. The van der Waals surface area contributed by atoms with Crippen LogP contribution >= 0.6 is 15.9 Å². The predicted octanol–water partition coefficient (Wildman–Crippen LogP) is 3.94. The van der Waals surface area contributed by atoms with Crippen LogP contribution in [0.4, 0.5) is 8.78 Å². The Bertz CT molecular complexity index is 446. The van der Waals surface area contributed by atoms with Gasteiger partial charge in [0, 0.05) is 16.6 Å². The van der Waals surface area contributed by atoms with Gasteiger partial charge in [-0.15, -0.1) is 6.42 Å². The third-order valence-electron chi connectivity index (χ3n) is 2.56. The zero-order chi connectivity index (χ0) is 14.3. The van der Waals surface area contributed by atoms with Gasteiger partial charge in [0.1, 0.15) is 5.75 Å². The topological polar surface area (TPSA) is 21.3 Å². The summed E-state index contributed by atoms with van der Waals surface area (Å²) in [6.07, 6.45) is 7.20. The molecule has 1 unspecified atom stereocenters. The van der Waals surface area contributed by atoms with Crippen molar-refractivity contribution in [2.75, 3.05) is 0 Å². The summed E-state index contributed by atoms with van der Waals surface area (Å²) in [6, 6.07) is 4.84. The van der Waals surface area contributed by atoms with E-state index in [1.165, 1.54) is 6.07 Å². The van der Waals surface area contributed by atoms with Crippen molar-refractivity contribution in [3.8, 4) is 18.1 Å². The van der Waals surface area contributed by atoms with Crippen LogP contribution < -0.4 is 10.1 Å². The van der Waals surface area contributed by atoms with E-state index in [-0.39, 0.29) is 11.8 Å². The van der Waals surface area contributed by atoms with Crippen LogP contribution in [0.5, 0.6) is 5.75 Å². The number of terminal acetylenes is 1. The molecule has 19 heavy (non-hydrogen) atoms. The maximum absolute atomic E-state index is 12.3. The molecule has 5 heteroatoms. The first kappa shape index (κ1) is 15.9. The Balaban J connectivity index is 2.75. The number of ether oxygens (including phenoxy) is 1. The van der Waals surface area contributed by atoms with Crippen molar-refractivity contribution in [1.82, 2.24) is 5.32 Å². The van der Waals surface area contributed by atoms with Crippen LogP contribution in [-0.4, -0.2) is 12.7 Å². The van der Waals surface area contributed by atoms with E-state index in [2.05, 4.69) is 31.9 Å². The van der Waals surface area contributed by atoms with Crippen LogP contribution in [0.3, 0.4) is 0 Å². The average molecular weight is 332 g/mol. The van der Waals surface area contributed by atoms with E-state index < -0.39 is 6.61 Å². The molecule has 0 saturated carbocycles. The van der Waals surface area contributed by atoms with Gasteiger partial charge in [-0.25, -0.2) is 0 Å².